The standard InChI is InChI=1S/C21H22N6O/c1-3-13-5-4-6-15-16(11-22-18(13)15)14-7-9-27(10-8-14)21-24-19-17(20(28)25-21)12-23-26(19)2/h4-7,11-12,22H,3,8-10H2,1-2H3,(H,24,25,28). The molecule has 0 unspecified atom stereocenters. The van der Waals surface area contributed by atoms with Gasteiger partial charge < -0.3 is 9.88 Å². The maximum Gasteiger partial charge on any atom is 0.263 e. The summed E-state index contributed by atoms with van der Waals surface area (Å²) < 4.78 is 1.64. The number of aryl methyl sites for hydroxylation is 2. The summed E-state index contributed by atoms with van der Waals surface area (Å²) in [4.78, 5) is 25.4. The maximum atomic E-state index is 12.3. The predicted molar refractivity (Wildman–Crippen MR) is 112 cm³/mol. The van der Waals surface area contributed by atoms with Crippen molar-refractivity contribution in [3.8, 4) is 0 Å². The molecule has 1 aliphatic heterocycles. The van der Waals surface area contributed by atoms with Crippen molar-refractivity contribution in [3.63, 3.8) is 0 Å². The van der Waals surface area contributed by atoms with Crippen molar-refractivity contribution < 1.29 is 0 Å². The first-order valence-electron chi connectivity index (χ1n) is 9.61. The number of aromatic amines is 2. The minimum atomic E-state index is -0.147. The molecule has 0 radical (unpaired) electrons. The Morgan fingerprint density at radius 2 is 2.14 bits per heavy atom. The van der Waals surface area contributed by atoms with Gasteiger partial charge in [-0.25, -0.2) is 0 Å². The summed E-state index contributed by atoms with van der Waals surface area (Å²) in [5.41, 5.74) is 5.64. The Morgan fingerprint density at radius 1 is 1.25 bits per heavy atom. The molecule has 0 aliphatic carbocycles. The van der Waals surface area contributed by atoms with Crippen LogP contribution in [0.25, 0.3) is 27.5 Å². The molecule has 0 spiro atoms. The topological polar surface area (TPSA) is 82.6 Å². The number of aromatic nitrogens is 5. The molecule has 0 saturated heterocycles. The molecule has 28 heavy (non-hydrogen) atoms. The van der Waals surface area contributed by atoms with Crippen LogP contribution in [0.1, 0.15) is 24.5 Å². The molecule has 3 aromatic heterocycles. The van der Waals surface area contributed by atoms with Gasteiger partial charge in [-0.3, -0.25) is 14.5 Å². The van der Waals surface area contributed by atoms with Gasteiger partial charge in [-0.2, -0.15) is 10.1 Å². The van der Waals surface area contributed by atoms with Gasteiger partial charge in [0, 0.05) is 42.8 Å². The van der Waals surface area contributed by atoms with Crippen LogP contribution in [0.5, 0.6) is 0 Å². The highest BCUT2D eigenvalue weighted by Gasteiger charge is 2.19. The minimum absolute atomic E-state index is 0.147. The van der Waals surface area contributed by atoms with Gasteiger partial charge in [-0.05, 0) is 24.0 Å². The predicted octanol–water partition coefficient (Wildman–Crippen LogP) is 2.99. The third-order valence-corrected chi connectivity index (χ3v) is 5.63. The smallest absolute Gasteiger partial charge is 0.263 e. The number of fused-ring (bicyclic) bond motifs is 2. The lowest BCUT2D eigenvalue weighted by molar-refractivity contribution is 0.769. The van der Waals surface area contributed by atoms with Crippen LogP contribution < -0.4 is 10.5 Å². The Labute approximate surface area is 161 Å². The molecule has 4 heterocycles. The highest BCUT2D eigenvalue weighted by Crippen LogP contribution is 2.31. The van der Waals surface area contributed by atoms with E-state index in [2.05, 4.69) is 62.3 Å². The molecular formula is C21H22N6O. The van der Waals surface area contributed by atoms with Crippen LogP contribution in [0.2, 0.25) is 0 Å². The van der Waals surface area contributed by atoms with Gasteiger partial charge in [0.15, 0.2) is 5.65 Å². The second-order valence-electron chi connectivity index (χ2n) is 7.22. The van der Waals surface area contributed by atoms with Crippen LogP contribution in [-0.2, 0) is 13.5 Å². The fraction of sp³-hybridized carbons (Fsp3) is 0.286. The van der Waals surface area contributed by atoms with E-state index in [1.807, 2.05) is 0 Å². The van der Waals surface area contributed by atoms with Crippen molar-refractivity contribution >= 4 is 33.5 Å². The highest BCUT2D eigenvalue weighted by molar-refractivity contribution is 5.94. The Morgan fingerprint density at radius 3 is 2.93 bits per heavy atom. The molecule has 0 atom stereocenters. The van der Waals surface area contributed by atoms with Crippen LogP contribution in [0.4, 0.5) is 5.95 Å². The number of hydrogen-bond acceptors (Lipinski definition) is 4. The Bertz CT molecular complexity index is 1280. The van der Waals surface area contributed by atoms with E-state index in [0.29, 0.717) is 23.5 Å². The molecule has 7 heteroatoms. The number of nitrogens with one attached hydrogen (secondary N) is 2. The van der Waals surface area contributed by atoms with Gasteiger partial charge in [0.2, 0.25) is 5.95 Å². The normalized spacial score (nSPS) is 14.8. The lowest BCUT2D eigenvalue weighted by atomic mass is 9.98. The van der Waals surface area contributed by atoms with Crippen molar-refractivity contribution in [3.05, 3.63) is 58.1 Å². The van der Waals surface area contributed by atoms with Gasteiger partial charge in [0.25, 0.3) is 5.56 Å². The van der Waals surface area contributed by atoms with E-state index >= 15 is 0 Å². The number of para-hydroxylation sites is 1. The highest BCUT2D eigenvalue weighted by atomic mass is 16.1. The number of anilines is 1. The lowest BCUT2D eigenvalue weighted by Crippen LogP contribution is -2.31. The summed E-state index contributed by atoms with van der Waals surface area (Å²) in [6.45, 7) is 3.69. The quantitative estimate of drug-likeness (QED) is 0.577. The molecule has 2 N–H and O–H groups in total. The van der Waals surface area contributed by atoms with Crippen molar-refractivity contribution in [2.45, 2.75) is 19.8 Å². The van der Waals surface area contributed by atoms with E-state index < -0.39 is 0 Å². The fourth-order valence-corrected chi connectivity index (χ4v) is 4.05. The average molecular weight is 374 g/mol. The first kappa shape index (κ1) is 16.8. The summed E-state index contributed by atoms with van der Waals surface area (Å²) in [5.74, 6) is 0.601. The van der Waals surface area contributed by atoms with E-state index in [-0.39, 0.29) is 5.56 Å². The van der Waals surface area contributed by atoms with Gasteiger partial charge in [0.05, 0.1) is 6.20 Å². The molecule has 0 amide bonds. The fourth-order valence-electron chi connectivity index (χ4n) is 4.05. The Hall–Kier alpha value is -3.35. The zero-order valence-electron chi connectivity index (χ0n) is 16.0. The zero-order valence-corrected chi connectivity index (χ0v) is 16.0. The number of rotatable bonds is 3. The van der Waals surface area contributed by atoms with Crippen molar-refractivity contribution in [2.24, 2.45) is 7.05 Å². The summed E-state index contributed by atoms with van der Waals surface area (Å²) in [7, 11) is 1.80. The van der Waals surface area contributed by atoms with E-state index in [4.69, 9.17) is 0 Å². The second-order valence-corrected chi connectivity index (χ2v) is 7.22. The van der Waals surface area contributed by atoms with Crippen molar-refractivity contribution in [1.82, 2.24) is 24.7 Å². The third kappa shape index (κ3) is 2.54. The number of H-pyrrole nitrogens is 2. The lowest BCUT2D eigenvalue weighted by Gasteiger charge is -2.26. The van der Waals surface area contributed by atoms with E-state index in [1.165, 1.54) is 27.6 Å². The first-order valence-corrected chi connectivity index (χ1v) is 9.61. The van der Waals surface area contributed by atoms with Crippen LogP contribution >= 0.6 is 0 Å². The zero-order chi connectivity index (χ0) is 19.3. The molecular weight excluding hydrogens is 352 g/mol. The summed E-state index contributed by atoms with van der Waals surface area (Å²) in [6.07, 6.45) is 7.82. The Balaban J connectivity index is 1.47. The first-order chi connectivity index (χ1) is 13.7. The molecule has 5 rings (SSSR count). The molecule has 0 saturated carbocycles. The average Bonchev–Trinajstić information content (AvgIpc) is 3.32. The monoisotopic (exact) mass is 374 g/mol. The molecule has 1 aliphatic rings. The summed E-state index contributed by atoms with van der Waals surface area (Å²) in [6, 6.07) is 6.49. The minimum Gasteiger partial charge on any atom is -0.360 e. The third-order valence-electron chi connectivity index (χ3n) is 5.63. The Kier molecular flexibility index (Phi) is 3.82. The number of nitrogens with zero attached hydrogens (tertiary/aromatic N) is 4. The van der Waals surface area contributed by atoms with Gasteiger partial charge in [-0.15, -0.1) is 0 Å². The van der Waals surface area contributed by atoms with Gasteiger partial charge >= 0.3 is 0 Å². The molecule has 1 aromatic carbocycles. The second kappa shape index (κ2) is 6.37. The summed E-state index contributed by atoms with van der Waals surface area (Å²) >= 11 is 0. The van der Waals surface area contributed by atoms with E-state index in [0.717, 1.165) is 19.4 Å². The molecule has 4 aromatic rings. The van der Waals surface area contributed by atoms with Crippen LogP contribution in [0.15, 0.2) is 41.5 Å². The number of benzene rings is 1. The largest absolute Gasteiger partial charge is 0.360 e. The van der Waals surface area contributed by atoms with Crippen molar-refractivity contribution in [2.75, 3.05) is 18.0 Å². The van der Waals surface area contributed by atoms with E-state index in [1.54, 1.807) is 17.9 Å². The SMILES string of the molecule is CCc1cccc2c(C3=CCN(c4nc5c(cnn5C)c(=O)[nH]4)CC3)c[nH]c12. The van der Waals surface area contributed by atoms with Crippen LogP contribution in [0, 0.1) is 0 Å². The number of hydrogen-bond donors (Lipinski definition) is 2. The van der Waals surface area contributed by atoms with Crippen molar-refractivity contribution in [1.29, 1.82) is 0 Å². The molecule has 142 valence electrons. The molecule has 0 bridgehead atoms. The summed E-state index contributed by atoms with van der Waals surface area (Å²) in [5, 5.41) is 5.93. The van der Waals surface area contributed by atoms with Crippen LogP contribution in [0.3, 0.4) is 0 Å². The van der Waals surface area contributed by atoms with E-state index in [9.17, 15) is 4.79 Å². The van der Waals surface area contributed by atoms with Gasteiger partial charge in [-0.1, -0.05) is 31.2 Å². The molecule has 7 nitrogen and oxygen atoms in total. The molecule has 0 fully saturated rings. The maximum absolute atomic E-state index is 12.3. The van der Waals surface area contributed by atoms with Crippen LogP contribution in [-0.4, -0.2) is 37.8 Å². The van der Waals surface area contributed by atoms with Gasteiger partial charge in [0.1, 0.15) is 5.39 Å².